The van der Waals surface area contributed by atoms with Crippen molar-refractivity contribution in [1.82, 2.24) is 4.98 Å². The van der Waals surface area contributed by atoms with Crippen LogP contribution in [0.2, 0.25) is 5.02 Å². The summed E-state index contributed by atoms with van der Waals surface area (Å²) >= 11 is 8.86. The van der Waals surface area contributed by atoms with Crippen LogP contribution < -0.4 is 5.32 Å². The third kappa shape index (κ3) is 2.59. The first-order valence-corrected chi connectivity index (χ1v) is 5.87. The average molecular weight is 338 g/mol. The summed E-state index contributed by atoms with van der Waals surface area (Å²) in [5.41, 5.74) is -0.218. The zero-order valence-corrected chi connectivity index (χ0v) is 11.0. The van der Waals surface area contributed by atoms with Gasteiger partial charge in [-0.2, -0.15) is 0 Å². The van der Waals surface area contributed by atoms with Gasteiger partial charge < -0.3 is 5.32 Å². The monoisotopic (exact) mass is 336 g/mol. The number of rotatable bonds is 2. The first-order chi connectivity index (χ1) is 8.49. The minimum absolute atomic E-state index is 0.218. The Balaban J connectivity index is 2.37. The molecule has 0 bridgehead atoms. The van der Waals surface area contributed by atoms with E-state index in [1.807, 2.05) is 0 Å². The van der Waals surface area contributed by atoms with Crippen molar-refractivity contribution in [2.75, 3.05) is 5.32 Å². The number of benzene rings is 1. The number of pyridine rings is 1. The molecule has 2 nitrogen and oxygen atoms in total. The molecule has 2 rings (SSSR count). The minimum atomic E-state index is -1.54. The highest BCUT2D eigenvalue weighted by Crippen LogP contribution is 2.28. The van der Waals surface area contributed by atoms with E-state index in [1.165, 1.54) is 12.3 Å². The van der Waals surface area contributed by atoms with Gasteiger partial charge in [-0.1, -0.05) is 11.6 Å². The third-order valence-electron chi connectivity index (χ3n) is 2.10. The van der Waals surface area contributed by atoms with Crippen LogP contribution in [0.5, 0.6) is 0 Å². The Hall–Kier alpha value is -1.27. The van der Waals surface area contributed by atoms with Crippen molar-refractivity contribution in [2.24, 2.45) is 0 Å². The quantitative estimate of drug-likeness (QED) is 0.806. The van der Waals surface area contributed by atoms with Gasteiger partial charge in [-0.05, 0) is 34.1 Å². The van der Waals surface area contributed by atoms with Crippen LogP contribution in [0.15, 0.2) is 28.9 Å². The van der Waals surface area contributed by atoms with Gasteiger partial charge in [0, 0.05) is 6.20 Å². The Bertz CT molecular complexity index is 607. The van der Waals surface area contributed by atoms with Crippen molar-refractivity contribution in [3.05, 3.63) is 51.3 Å². The second-order valence-corrected chi connectivity index (χ2v) is 4.62. The van der Waals surface area contributed by atoms with Crippen molar-refractivity contribution in [3.8, 4) is 0 Å². The second kappa shape index (κ2) is 5.16. The van der Waals surface area contributed by atoms with Crippen LogP contribution >= 0.6 is 27.5 Å². The lowest BCUT2D eigenvalue weighted by Crippen LogP contribution is -2.00. The summed E-state index contributed by atoms with van der Waals surface area (Å²) in [5.74, 6) is -3.85. The van der Waals surface area contributed by atoms with Gasteiger partial charge in [0.1, 0.15) is 5.82 Å². The fourth-order valence-electron chi connectivity index (χ4n) is 1.26. The smallest absolute Gasteiger partial charge is 0.196 e. The number of aromatic nitrogens is 1. The summed E-state index contributed by atoms with van der Waals surface area (Å²) < 4.78 is 39.6. The normalized spacial score (nSPS) is 10.5. The topological polar surface area (TPSA) is 24.9 Å². The number of anilines is 2. The summed E-state index contributed by atoms with van der Waals surface area (Å²) in [6.45, 7) is 0. The molecule has 2 aromatic rings. The van der Waals surface area contributed by atoms with E-state index in [9.17, 15) is 13.2 Å². The molecule has 0 aliphatic carbocycles. The predicted molar refractivity (Wildman–Crippen MR) is 66.5 cm³/mol. The molecule has 0 fully saturated rings. The standard InChI is InChI=1S/C11H5BrClF3N2/c12-6-3-5(13)4-17-11(6)18-8-2-1-7(14)9(15)10(8)16/h1-4H,(H,17,18). The molecule has 0 aliphatic heterocycles. The molecule has 0 amide bonds. The number of halogens is 5. The van der Waals surface area contributed by atoms with Crippen molar-refractivity contribution < 1.29 is 13.2 Å². The maximum absolute atomic E-state index is 13.4. The molecule has 18 heavy (non-hydrogen) atoms. The Kier molecular flexibility index (Phi) is 3.77. The molecule has 0 radical (unpaired) electrons. The maximum atomic E-state index is 13.4. The number of hydrogen-bond acceptors (Lipinski definition) is 2. The van der Waals surface area contributed by atoms with E-state index >= 15 is 0 Å². The fraction of sp³-hybridized carbons (Fsp3) is 0. The zero-order valence-electron chi connectivity index (χ0n) is 8.65. The van der Waals surface area contributed by atoms with Crippen LogP contribution in [0.3, 0.4) is 0 Å². The van der Waals surface area contributed by atoms with Crippen molar-refractivity contribution >= 4 is 39.0 Å². The predicted octanol–water partition coefficient (Wildman–Crippen LogP) is 4.66. The average Bonchev–Trinajstić information content (AvgIpc) is 2.33. The molecule has 0 unspecified atom stereocenters. The van der Waals surface area contributed by atoms with Crippen LogP contribution in [0.25, 0.3) is 0 Å². The highest BCUT2D eigenvalue weighted by molar-refractivity contribution is 9.10. The SMILES string of the molecule is Fc1ccc(Nc2ncc(Cl)cc2Br)c(F)c1F. The van der Waals surface area contributed by atoms with Crippen LogP contribution in [-0.2, 0) is 0 Å². The van der Waals surface area contributed by atoms with Gasteiger partial charge in [0.05, 0.1) is 15.2 Å². The van der Waals surface area contributed by atoms with Crippen LogP contribution in [0, 0.1) is 17.5 Å². The minimum Gasteiger partial charge on any atom is -0.337 e. The Morgan fingerprint density at radius 1 is 1.17 bits per heavy atom. The summed E-state index contributed by atoms with van der Waals surface area (Å²) in [6.07, 6.45) is 1.34. The van der Waals surface area contributed by atoms with Crippen molar-refractivity contribution in [3.63, 3.8) is 0 Å². The van der Waals surface area contributed by atoms with Crippen LogP contribution in [-0.4, -0.2) is 4.98 Å². The lowest BCUT2D eigenvalue weighted by molar-refractivity contribution is 0.449. The largest absolute Gasteiger partial charge is 0.337 e. The molecule has 0 atom stereocenters. The van der Waals surface area contributed by atoms with E-state index < -0.39 is 17.5 Å². The van der Waals surface area contributed by atoms with E-state index in [0.29, 0.717) is 9.50 Å². The molecule has 0 saturated heterocycles. The van der Waals surface area contributed by atoms with Gasteiger partial charge in [-0.15, -0.1) is 0 Å². The summed E-state index contributed by atoms with van der Waals surface area (Å²) in [4.78, 5) is 3.89. The Morgan fingerprint density at radius 3 is 2.56 bits per heavy atom. The fourth-order valence-corrected chi connectivity index (χ4v) is 1.99. The summed E-state index contributed by atoms with van der Waals surface area (Å²) in [5, 5.41) is 2.92. The van der Waals surface area contributed by atoms with E-state index in [2.05, 4.69) is 26.2 Å². The molecule has 1 N–H and O–H groups in total. The maximum Gasteiger partial charge on any atom is 0.196 e. The van der Waals surface area contributed by atoms with Gasteiger partial charge >= 0.3 is 0 Å². The molecule has 0 spiro atoms. The van der Waals surface area contributed by atoms with E-state index in [4.69, 9.17) is 11.6 Å². The molecule has 1 aromatic heterocycles. The molecule has 1 heterocycles. The van der Waals surface area contributed by atoms with Gasteiger partial charge in [-0.3, -0.25) is 0 Å². The molecule has 1 aromatic carbocycles. The highest BCUT2D eigenvalue weighted by atomic mass is 79.9. The lowest BCUT2D eigenvalue weighted by atomic mass is 10.2. The first-order valence-electron chi connectivity index (χ1n) is 4.70. The molecular formula is C11H5BrClF3N2. The lowest BCUT2D eigenvalue weighted by Gasteiger charge is -2.09. The van der Waals surface area contributed by atoms with Gasteiger partial charge in [-0.25, -0.2) is 18.2 Å². The zero-order chi connectivity index (χ0) is 13.3. The first kappa shape index (κ1) is 13.2. The van der Waals surface area contributed by atoms with Crippen molar-refractivity contribution in [2.45, 2.75) is 0 Å². The number of nitrogens with one attached hydrogen (secondary N) is 1. The van der Waals surface area contributed by atoms with Gasteiger partial charge in [0.25, 0.3) is 0 Å². The molecule has 0 saturated carbocycles. The second-order valence-electron chi connectivity index (χ2n) is 3.33. The number of hydrogen-bond donors (Lipinski definition) is 1. The summed E-state index contributed by atoms with van der Waals surface area (Å²) in [7, 11) is 0. The van der Waals surface area contributed by atoms with Gasteiger partial charge in [0.2, 0.25) is 0 Å². The van der Waals surface area contributed by atoms with E-state index in [-0.39, 0.29) is 11.5 Å². The van der Waals surface area contributed by atoms with Crippen LogP contribution in [0.4, 0.5) is 24.7 Å². The van der Waals surface area contributed by atoms with Crippen LogP contribution in [0.1, 0.15) is 0 Å². The molecule has 7 heteroatoms. The van der Waals surface area contributed by atoms with E-state index in [0.717, 1.165) is 12.1 Å². The Labute approximate surface area is 114 Å². The Morgan fingerprint density at radius 2 is 1.89 bits per heavy atom. The third-order valence-corrected chi connectivity index (χ3v) is 2.91. The molecular weight excluding hydrogens is 332 g/mol. The number of nitrogens with zero attached hydrogens (tertiary/aromatic N) is 1. The molecule has 0 aliphatic rings. The molecule has 94 valence electrons. The van der Waals surface area contributed by atoms with Gasteiger partial charge in [0.15, 0.2) is 17.5 Å². The van der Waals surface area contributed by atoms with Crippen molar-refractivity contribution in [1.29, 1.82) is 0 Å². The van der Waals surface area contributed by atoms with E-state index in [1.54, 1.807) is 0 Å². The summed E-state index contributed by atoms with van der Waals surface area (Å²) in [6, 6.07) is 3.44. The highest BCUT2D eigenvalue weighted by Gasteiger charge is 2.14.